The number of hydrogen-bond acceptors (Lipinski definition) is 3. The van der Waals surface area contributed by atoms with Crippen molar-refractivity contribution in [1.29, 1.82) is 0 Å². The molecule has 0 atom stereocenters. The van der Waals surface area contributed by atoms with Gasteiger partial charge in [0, 0.05) is 36.9 Å². The number of alkyl halides is 3. The lowest BCUT2D eigenvalue weighted by Gasteiger charge is -2.44. The summed E-state index contributed by atoms with van der Waals surface area (Å²) in [5.74, 6) is 1.01. The van der Waals surface area contributed by atoms with E-state index in [0.717, 1.165) is 30.7 Å². The van der Waals surface area contributed by atoms with Crippen molar-refractivity contribution in [3.8, 4) is 0 Å². The minimum atomic E-state index is -4.41. The highest BCUT2D eigenvalue weighted by molar-refractivity contribution is 8.00. The number of thioether (sulfide) groups is 1. The van der Waals surface area contributed by atoms with Crippen LogP contribution in [0.2, 0.25) is 0 Å². The quantitative estimate of drug-likeness (QED) is 0.764. The van der Waals surface area contributed by atoms with Crippen molar-refractivity contribution in [3.05, 3.63) is 35.4 Å². The summed E-state index contributed by atoms with van der Waals surface area (Å²) in [5, 5.41) is 0. The van der Waals surface area contributed by atoms with Crippen LogP contribution in [-0.4, -0.2) is 51.9 Å². The van der Waals surface area contributed by atoms with E-state index in [1.165, 1.54) is 12.1 Å². The zero-order valence-corrected chi connectivity index (χ0v) is 15.6. The van der Waals surface area contributed by atoms with E-state index in [0.29, 0.717) is 32.5 Å². The molecule has 1 aromatic rings. The highest BCUT2D eigenvalue weighted by Crippen LogP contribution is 2.45. The van der Waals surface area contributed by atoms with Crippen molar-refractivity contribution in [2.24, 2.45) is 5.92 Å². The van der Waals surface area contributed by atoms with Gasteiger partial charge in [-0.1, -0.05) is 0 Å². The second-order valence-corrected chi connectivity index (χ2v) is 8.88. The number of piperidine rings is 1. The molecule has 146 valence electrons. The minimum Gasteiger partial charge on any atom is -0.342 e. The van der Waals surface area contributed by atoms with Crippen LogP contribution in [0.3, 0.4) is 0 Å². The van der Waals surface area contributed by atoms with Gasteiger partial charge in [-0.05, 0) is 49.9 Å². The fraction of sp³-hybridized carbons (Fsp3) is 0.579. The Balaban J connectivity index is 1.46. The first-order valence-corrected chi connectivity index (χ1v) is 10.2. The van der Waals surface area contributed by atoms with Crippen molar-refractivity contribution < 1.29 is 22.8 Å². The average molecular weight is 398 g/mol. The molecule has 3 aliphatic rings. The van der Waals surface area contributed by atoms with Crippen molar-refractivity contribution in [1.82, 2.24) is 9.80 Å². The number of nitrogens with zero attached hydrogens (tertiary/aromatic N) is 2. The molecule has 1 spiro atoms. The van der Waals surface area contributed by atoms with Gasteiger partial charge < -0.3 is 9.80 Å². The lowest BCUT2D eigenvalue weighted by molar-refractivity contribution is -0.137. The molecule has 27 heavy (non-hydrogen) atoms. The summed E-state index contributed by atoms with van der Waals surface area (Å²) in [5.41, 5.74) is -0.474. The Hall–Kier alpha value is -1.70. The average Bonchev–Trinajstić information content (AvgIpc) is 3.43. The van der Waals surface area contributed by atoms with Crippen molar-refractivity contribution in [2.75, 3.05) is 25.4 Å². The van der Waals surface area contributed by atoms with E-state index >= 15 is 0 Å². The second kappa shape index (κ2) is 6.72. The fourth-order valence-electron chi connectivity index (χ4n) is 3.93. The topological polar surface area (TPSA) is 40.6 Å². The molecule has 2 heterocycles. The normalized spacial score (nSPS) is 22.3. The second-order valence-electron chi connectivity index (χ2n) is 7.43. The molecule has 0 N–H and O–H groups in total. The minimum absolute atomic E-state index is 0.195. The molecular weight excluding hydrogens is 377 g/mol. The maximum Gasteiger partial charge on any atom is 0.416 e. The van der Waals surface area contributed by atoms with E-state index in [1.54, 1.807) is 16.7 Å². The largest absolute Gasteiger partial charge is 0.416 e. The maximum absolute atomic E-state index is 13.0. The number of benzene rings is 1. The summed E-state index contributed by atoms with van der Waals surface area (Å²) in [6.07, 6.45) is -1.03. The van der Waals surface area contributed by atoms with Crippen LogP contribution >= 0.6 is 11.8 Å². The van der Waals surface area contributed by atoms with Crippen LogP contribution in [0, 0.1) is 5.92 Å². The number of carbonyl (C=O) groups excluding carboxylic acids is 2. The van der Waals surface area contributed by atoms with Crippen LogP contribution < -0.4 is 0 Å². The number of halogens is 3. The van der Waals surface area contributed by atoms with Crippen LogP contribution in [0.4, 0.5) is 13.2 Å². The first kappa shape index (κ1) is 18.7. The van der Waals surface area contributed by atoms with Crippen LogP contribution in [0.25, 0.3) is 0 Å². The van der Waals surface area contributed by atoms with Crippen LogP contribution in [0.15, 0.2) is 24.3 Å². The Kier molecular flexibility index (Phi) is 4.64. The number of carbonyl (C=O) groups is 2. The molecule has 4 rings (SSSR count). The molecule has 8 heteroatoms. The third kappa shape index (κ3) is 3.56. The number of rotatable bonds is 2. The standard InChI is InChI=1S/C19H21F3N2O2S/c20-19(21,22)15-5-3-14(4-6-15)17(26)24-11-12-27-18(24)7-9-23(10-8-18)16(25)13-1-2-13/h3-6,13H,1-2,7-12H2. The predicted octanol–water partition coefficient (Wildman–Crippen LogP) is 3.62. The lowest BCUT2D eigenvalue weighted by atomic mass is 10.00. The van der Waals surface area contributed by atoms with E-state index < -0.39 is 11.7 Å². The zero-order valence-electron chi connectivity index (χ0n) is 14.8. The van der Waals surface area contributed by atoms with Gasteiger partial charge in [0.1, 0.15) is 0 Å². The molecule has 2 aliphatic heterocycles. The molecule has 3 fully saturated rings. The predicted molar refractivity (Wildman–Crippen MR) is 96.2 cm³/mol. The van der Waals surface area contributed by atoms with Crippen molar-refractivity contribution in [3.63, 3.8) is 0 Å². The molecule has 1 saturated carbocycles. The molecular formula is C19H21F3N2O2S. The Morgan fingerprint density at radius 3 is 2.22 bits per heavy atom. The number of amides is 2. The number of likely N-dealkylation sites (tertiary alicyclic amines) is 1. The van der Waals surface area contributed by atoms with Gasteiger partial charge in [0.15, 0.2) is 0 Å². The molecule has 0 unspecified atom stereocenters. The van der Waals surface area contributed by atoms with Gasteiger partial charge in [-0.25, -0.2) is 0 Å². The highest BCUT2D eigenvalue weighted by atomic mass is 32.2. The summed E-state index contributed by atoms with van der Waals surface area (Å²) in [7, 11) is 0. The van der Waals surface area contributed by atoms with E-state index in [1.807, 2.05) is 4.90 Å². The Labute approximate surface area is 160 Å². The van der Waals surface area contributed by atoms with E-state index in [4.69, 9.17) is 0 Å². The summed E-state index contributed by atoms with van der Waals surface area (Å²) in [6.45, 7) is 1.86. The zero-order chi connectivity index (χ0) is 19.2. The smallest absolute Gasteiger partial charge is 0.342 e. The monoisotopic (exact) mass is 398 g/mol. The summed E-state index contributed by atoms with van der Waals surface area (Å²) >= 11 is 1.73. The summed E-state index contributed by atoms with van der Waals surface area (Å²) in [6, 6.07) is 4.43. The first-order chi connectivity index (χ1) is 12.8. The number of hydrogen-bond donors (Lipinski definition) is 0. The van der Waals surface area contributed by atoms with Gasteiger partial charge >= 0.3 is 6.18 Å². The van der Waals surface area contributed by atoms with E-state index in [2.05, 4.69) is 0 Å². The molecule has 4 nitrogen and oxygen atoms in total. The Morgan fingerprint density at radius 2 is 1.67 bits per heavy atom. The molecule has 0 bridgehead atoms. The van der Waals surface area contributed by atoms with Crippen LogP contribution in [0.1, 0.15) is 41.6 Å². The van der Waals surface area contributed by atoms with Gasteiger partial charge in [-0.2, -0.15) is 13.2 Å². The van der Waals surface area contributed by atoms with Crippen molar-refractivity contribution >= 4 is 23.6 Å². The third-order valence-electron chi connectivity index (χ3n) is 5.66. The summed E-state index contributed by atoms with van der Waals surface area (Å²) in [4.78, 5) is 28.6. The van der Waals surface area contributed by atoms with E-state index in [-0.39, 0.29) is 28.2 Å². The molecule has 0 radical (unpaired) electrons. The van der Waals surface area contributed by atoms with Gasteiger partial charge in [0.2, 0.25) is 5.91 Å². The summed E-state index contributed by atoms with van der Waals surface area (Å²) < 4.78 is 38.2. The van der Waals surface area contributed by atoms with Gasteiger partial charge in [-0.15, -0.1) is 11.8 Å². The molecule has 1 aromatic carbocycles. The third-order valence-corrected chi connectivity index (χ3v) is 7.22. The fourth-order valence-corrected chi connectivity index (χ4v) is 5.39. The van der Waals surface area contributed by atoms with Crippen LogP contribution in [0.5, 0.6) is 0 Å². The van der Waals surface area contributed by atoms with Crippen molar-refractivity contribution in [2.45, 2.75) is 36.7 Å². The van der Waals surface area contributed by atoms with E-state index in [9.17, 15) is 22.8 Å². The highest BCUT2D eigenvalue weighted by Gasteiger charge is 2.48. The first-order valence-electron chi connectivity index (χ1n) is 9.22. The SMILES string of the molecule is O=C(C1CC1)N1CCC2(CC1)SCCN2C(=O)c1ccc(C(F)(F)F)cc1. The van der Waals surface area contributed by atoms with Gasteiger partial charge in [0.05, 0.1) is 10.4 Å². The molecule has 1 aliphatic carbocycles. The molecule has 2 amide bonds. The Morgan fingerprint density at radius 1 is 1.04 bits per heavy atom. The molecule has 0 aromatic heterocycles. The van der Waals surface area contributed by atoms with Gasteiger partial charge in [-0.3, -0.25) is 9.59 Å². The van der Waals surface area contributed by atoms with Gasteiger partial charge in [0.25, 0.3) is 5.91 Å². The maximum atomic E-state index is 13.0. The van der Waals surface area contributed by atoms with Crippen LogP contribution in [-0.2, 0) is 11.0 Å². The molecule has 2 saturated heterocycles. The lowest BCUT2D eigenvalue weighted by Crippen LogP contribution is -2.53. The Bertz CT molecular complexity index is 738.